The van der Waals surface area contributed by atoms with Crippen molar-refractivity contribution in [2.45, 2.75) is 25.6 Å². The van der Waals surface area contributed by atoms with E-state index in [0.29, 0.717) is 5.69 Å². The molecule has 1 atom stereocenters. The van der Waals surface area contributed by atoms with E-state index in [-0.39, 0.29) is 5.82 Å². The Balaban J connectivity index is 2.55. The fourth-order valence-corrected chi connectivity index (χ4v) is 1.22. The van der Waals surface area contributed by atoms with Crippen LogP contribution < -0.4 is 11.1 Å². The van der Waals surface area contributed by atoms with Crippen molar-refractivity contribution >= 4 is 11.5 Å². The molecule has 0 radical (unpaired) electrons. The minimum absolute atomic E-state index is 0.277. The van der Waals surface area contributed by atoms with Crippen molar-refractivity contribution in [3.63, 3.8) is 0 Å². The van der Waals surface area contributed by atoms with Gasteiger partial charge < -0.3 is 11.1 Å². The smallest absolute Gasteiger partial charge is 0.384 e. The van der Waals surface area contributed by atoms with Crippen LogP contribution in [0.2, 0.25) is 0 Å². The van der Waals surface area contributed by atoms with Crippen molar-refractivity contribution in [1.82, 2.24) is 4.98 Å². The molecular formula is C9H12F3N3. The predicted octanol–water partition coefficient (Wildman–Crippen LogP) is 2.42. The quantitative estimate of drug-likeness (QED) is 0.820. The van der Waals surface area contributed by atoms with E-state index in [1.807, 2.05) is 0 Å². The van der Waals surface area contributed by atoms with Gasteiger partial charge in [-0.05, 0) is 13.0 Å². The molecule has 1 unspecified atom stereocenters. The Hall–Kier alpha value is -1.46. The molecule has 0 saturated carbocycles. The van der Waals surface area contributed by atoms with Crippen LogP contribution in [0.4, 0.5) is 24.7 Å². The van der Waals surface area contributed by atoms with Crippen molar-refractivity contribution in [2.24, 2.45) is 0 Å². The summed E-state index contributed by atoms with van der Waals surface area (Å²) in [7, 11) is 0. The maximum atomic E-state index is 12.0. The number of nitrogens with one attached hydrogen (secondary N) is 1. The molecule has 1 rings (SSSR count). The molecule has 0 saturated heterocycles. The van der Waals surface area contributed by atoms with E-state index < -0.39 is 18.6 Å². The van der Waals surface area contributed by atoms with Gasteiger partial charge >= 0.3 is 6.18 Å². The second-order valence-corrected chi connectivity index (χ2v) is 3.33. The summed E-state index contributed by atoms with van der Waals surface area (Å²) < 4.78 is 36.0. The first-order chi connectivity index (χ1) is 6.87. The Labute approximate surface area is 85.5 Å². The summed E-state index contributed by atoms with van der Waals surface area (Å²) in [4.78, 5) is 3.74. The van der Waals surface area contributed by atoms with Gasteiger partial charge in [-0.3, -0.25) is 0 Å². The lowest BCUT2D eigenvalue weighted by atomic mass is 10.2. The molecule has 84 valence electrons. The molecule has 0 fully saturated rings. The van der Waals surface area contributed by atoms with E-state index in [9.17, 15) is 13.2 Å². The molecule has 0 aliphatic rings. The lowest BCUT2D eigenvalue weighted by Crippen LogP contribution is -2.23. The van der Waals surface area contributed by atoms with Crippen LogP contribution >= 0.6 is 0 Å². The third-order valence-electron chi connectivity index (χ3n) is 1.73. The highest BCUT2D eigenvalue weighted by Gasteiger charge is 2.29. The van der Waals surface area contributed by atoms with E-state index in [4.69, 9.17) is 5.73 Å². The molecule has 3 N–H and O–H groups in total. The first-order valence-corrected chi connectivity index (χ1v) is 4.41. The summed E-state index contributed by atoms with van der Waals surface area (Å²) in [6, 6.07) is 2.38. The monoisotopic (exact) mass is 219 g/mol. The van der Waals surface area contributed by atoms with E-state index >= 15 is 0 Å². The third kappa shape index (κ3) is 4.53. The summed E-state index contributed by atoms with van der Waals surface area (Å²) in [5, 5.41) is 2.70. The number of rotatable bonds is 3. The Morgan fingerprint density at radius 1 is 1.53 bits per heavy atom. The number of pyridine rings is 1. The van der Waals surface area contributed by atoms with Crippen LogP contribution in [0, 0.1) is 0 Å². The first-order valence-electron chi connectivity index (χ1n) is 4.41. The number of anilines is 2. The fourth-order valence-electron chi connectivity index (χ4n) is 1.22. The first kappa shape index (κ1) is 11.6. The standard InChI is InChI=1S/C9H12F3N3/c1-6(5-9(10,11)12)15-7-2-3-14-8(13)4-7/h2-4,6H,5H2,1H3,(H3,13,14,15). The fraction of sp³-hybridized carbons (Fsp3) is 0.444. The van der Waals surface area contributed by atoms with E-state index in [0.717, 1.165) is 0 Å². The highest BCUT2D eigenvalue weighted by atomic mass is 19.4. The molecule has 0 amide bonds. The number of aromatic nitrogens is 1. The van der Waals surface area contributed by atoms with Gasteiger partial charge in [-0.2, -0.15) is 13.2 Å². The van der Waals surface area contributed by atoms with Gasteiger partial charge in [0.05, 0.1) is 6.42 Å². The third-order valence-corrected chi connectivity index (χ3v) is 1.73. The molecule has 1 heterocycles. The van der Waals surface area contributed by atoms with Gasteiger partial charge in [0.15, 0.2) is 0 Å². The predicted molar refractivity (Wildman–Crippen MR) is 52.4 cm³/mol. The maximum Gasteiger partial charge on any atom is 0.391 e. The lowest BCUT2D eigenvalue weighted by Gasteiger charge is -2.16. The van der Waals surface area contributed by atoms with Gasteiger partial charge in [0, 0.05) is 24.0 Å². The normalized spacial score (nSPS) is 13.6. The molecule has 0 aliphatic carbocycles. The van der Waals surface area contributed by atoms with Crippen LogP contribution in [0.3, 0.4) is 0 Å². The van der Waals surface area contributed by atoms with Crippen LogP contribution in [-0.4, -0.2) is 17.2 Å². The summed E-state index contributed by atoms with van der Waals surface area (Å²) >= 11 is 0. The van der Waals surface area contributed by atoms with Crippen LogP contribution in [0.15, 0.2) is 18.3 Å². The molecule has 0 bridgehead atoms. The molecule has 0 aromatic carbocycles. The highest BCUT2D eigenvalue weighted by Crippen LogP contribution is 2.23. The maximum absolute atomic E-state index is 12.0. The number of alkyl halides is 3. The SMILES string of the molecule is CC(CC(F)(F)F)Nc1ccnc(N)c1. The van der Waals surface area contributed by atoms with E-state index in [2.05, 4.69) is 10.3 Å². The number of nitrogens with two attached hydrogens (primary N) is 1. The minimum Gasteiger partial charge on any atom is -0.384 e. The topological polar surface area (TPSA) is 50.9 Å². The molecule has 0 spiro atoms. The van der Waals surface area contributed by atoms with Crippen molar-refractivity contribution in [3.8, 4) is 0 Å². The van der Waals surface area contributed by atoms with Gasteiger partial charge in [-0.15, -0.1) is 0 Å². The zero-order chi connectivity index (χ0) is 11.5. The largest absolute Gasteiger partial charge is 0.391 e. The Kier molecular flexibility index (Phi) is 3.39. The number of nitrogens with zero attached hydrogens (tertiary/aromatic N) is 1. The lowest BCUT2D eigenvalue weighted by molar-refractivity contribution is -0.136. The van der Waals surface area contributed by atoms with Crippen molar-refractivity contribution < 1.29 is 13.2 Å². The van der Waals surface area contributed by atoms with Crippen molar-refractivity contribution in [2.75, 3.05) is 11.1 Å². The average molecular weight is 219 g/mol. The summed E-state index contributed by atoms with van der Waals surface area (Å²) in [6.07, 6.45) is -3.60. The summed E-state index contributed by atoms with van der Waals surface area (Å²) in [5.41, 5.74) is 5.93. The molecule has 6 heteroatoms. The Bertz CT molecular complexity index is 325. The second-order valence-electron chi connectivity index (χ2n) is 3.33. The van der Waals surface area contributed by atoms with Crippen LogP contribution in [-0.2, 0) is 0 Å². The molecular weight excluding hydrogens is 207 g/mol. The molecule has 3 nitrogen and oxygen atoms in total. The second kappa shape index (κ2) is 4.37. The van der Waals surface area contributed by atoms with Crippen LogP contribution in [0.5, 0.6) is 0 Å². The van der Waals surface area contributed by atoms with Crippen LogP contribution in [0.1, 0.15) is 13.3 Å². The van der Waals surface area contributed by atoms with Crippen LogP contribution in [0.25, 0.3) is 0 Å². The highest BCUT2D eigenvalue weighted by molar-refractivity contribution is 5.50. The minimum atomic E-state index is -4.16. The van der Waals surface area contributed by atoms with Gasteiger partial charge in [0.25, 0.3) is 0 Å². The van der Waals surface area contributed by atoms with Gasteiger partial charge in [0.1, 0.15) is 5.82 Å². The van der Waals surface area contributed by atoms with Crippen molar-refractivity contribution in [1.29, 1.82) is 0 Å². The number of hydrogen-bond donors (Lipinski definition) is 2. The summed E-state index contributed by atoms with van der Waals surface area (Å²) in [6.45, 7) is 1.46. The Morgan fingerprint density at radius 3 is 2.73 bits per heavy atom. The van der Waals surface area contributed by atoms with E-state index in [1.54, 1.807) is 6.07 Å². The van der Waals surface area contributed by atoms with Gasteiger partial charge in [-0.1, -0.05) is 0 Å². The van der Waals surface area contributed by atoms with Crippen molar-refractivity contribution in [3.05, 3.63) is 18.3 Å². The summed E-state index contributed by atoms with van der Waals surface area (Å²) in [5.74, 6) is 0.277. The zero-order valence-corrected chi connectivity index (χ0v) is 8.17. The Morgan fingerprint density at radius 2 is 2.20 bits per heavy atom. The van der Waals surface area contributed by atoms with E-state index in [1.165, 1.54) is 19.2 Å². The molecule has 1 aromatic heterocycles. The number of hydrogen-bond acceptors (Lipinski definition) is 3. The zero-order valence-electron chi connectivity index (χ0n) is 8.17. The molecule has 1 aromatic rings. The molecule has 0 aliphatic heterocycles. The van der Waals surface area contributed by atoms with Gasteiger partial charge in [0.2, 0.25) is 0 Å². The number of halogens is 3. The average Bonchev–Trinajstić information content (AvgIpc) is 1.99. The molecule has 15 heavy (non-hydrogen) atoms. The van der Waals surface area contributed by atoms with Gasteiger partial charge in [-0.25, -0.2) is 4.98 Å². The number of nitrogen functional groups attached to an aromatic ring is 1.